The highest BCUT2D eigenvalue weighted by Crippen LogP contribution is 2.14. The van der Waals surface area contributed by atoms with Crippen LogP contribution in [0.3, 0.4) is 0 Å². The summed E-state index contributed by atoms with van der Waals surface area (Å²) in [4.78, 5) is 27.2. The van der Waals surface area contributed by atoms with Crippen LogP contribution in [0.4, 0.5) is 0 Å². The van der Waals surface area contributed by atoms with Crippen molar-refractivity contribution in [1.29, 1.82) is 0 Å². The summed E-state index contributed by atoms with van der Waals surface area (Å²) in [6, 6.07) is 0.330. The van der Waals surface area contributed by atoms with Gasteiger partial charge >= 0.3 is 11.9 Å². The molecule has 17 heavy (non-hydrogen) atoms. The van der Waals surface area contributed by atoms with Crippen LogP contribution in [0.5, 0.6) is 0 Å². The van der Waals surface area contributed by atoms with E-state index < -0.39 is 11.9 Å². The van der Waals surface area contributed by atoms with Gasteiger partial charge in [-0.3, -0.25) is 14.6 Å². The Morgan fingerprint density at radius 1 is 1.29 bits per heavy atom. The van der Waals surface area contributed by atoms with Gasteiger partial charge in [0.25, 0.3) is 0 Å². The number of fused-ring (bicyclic) bond motifs is 3. The van der Waals surface area contributed by atoms with Gasteiger partial charge in [-0.2, -0.15) is 0 Å². The van der Waals surface area contributed by atoms with Crippen molar-refractivity contribution in [3.05, 3.63) is 0 Å². The van der Waals surface area contributed by atoms with Crippen molar-refractivity contribution in [3.63, 3.8) is 0 Å². The summed E-state index contributed by atoms with van der Waals surface area (Å²) in [5, 5.41) is 2.64. The van der Waals surface area contributed by atoms with Gasteiger partial charge in [-0.15, -0.1) is 0 Å². The first-order valence-corrected chi connectivity index (χ1v) is 6.12. The Balaban J connectivity index is 1.75. The highest BCUT2D eigenvalue weighted by atomic mass is 16.5. The van der Waals surface area contributed by atoms with Crippen molar-refractivity contribution < 1.29 is 14.3 Å². The molecule has 3 aliphatic heterocycles. The summed E-state index contributed by atoms with van der Waals surface area (Å²) in [7, 11) is 0. The standard InChI is InChI=1S/C11H19N3O3/c1-2-17-11(16)10(15)12-7-9-8-13-3-5-14(9)6-4-13/h9H,2-8H2,1H3,(H,12,15). The highest BCUT2D eigenvalue weighted by molar-refractivity contribution is 6.32. The number of ether oxygens (including phenoxy) is 1. The molecule has 1 unspecified atom stereocenters. The molecular formula is C11H19N3O3. The van der Waals surface area contributed by atoms with E-state index in [0.717, 1.165) is 32.7 Å². The molecule has 3 heterocycles. The van der Waals surface area contributed by atoms with E-state index in [2.05, 4.69) is 19.9 Å². The third-order valence-electron chi connectivity index (χ3n) is 3.35. The summed E-state index contributed by atoms with van der Waals surface area (Å²) >= 11 is 0. The van der Waals surface area contributed by atoms with Gasteiger partial charge in [-0.1, -0.05) is 0 Å². The van der Waals surface area contributed by atoms with Crippen molar-refractivity contribution in [1.82, 2.24) is 15.1 Å². The smallest absolute Gasteiger partial charge is 0.396 e. The zero-order chi connectivity index (χ0) is 12.3. The van der Waals surface area contributed by atoms with Crippen LogP contribution in [0.2, 0.25) is 0 Å². The number of rotatable bonds is 3. The van der Waals surface area contributed by atoms with Crippen LogP contribution >= 0.6 is 0 Å². The van der Waals surface area contributed by atoms with Gasteiger partial charge in [-0.05, 0) is 6.92 Å². The topological polar surface area (TPSA) is 61.9 Å². The zero-order valence-corrected chi connectivity index (χ0v) is 10.1. The zero-order valence-electron chi connectivity index (χ0n) is 10.1. The molecule has 0 saturated carbocycles. The predicted octanol–water partition coefficient (Wildman–Crippen LogP) is -1.33. The first-order chi connectivity index (χ1) is 8.20. The Hall–Kier alpha value is -1.14. The Morgan fingerprint density at radius 3 is 2.53 bits per heavy atom. The molecule has 2 bridgehead atoms. The number of hydrogen-bond donors (Lipinski definition) is 1. The molecule has 96 valence electrons. The highest BCUT2D eigenvalue weighted by Gasteiger charge is 2.32. The van der Waals surface area contributed by atoms with Crippen LogP contribution in [0.15, 0.2) is 0 Å². The average Bonchev–Trinajstić information content (AvgIpc) is 2.37. The van der Waals surface area contributed by atoms with Crippen molar-refractivity contribution in [3.8, 4) is 0 Å². The van der Waals surface area contributed by atoms with Crippen LogP contribution in [-0.4, -0.2) is 73.6 Å². The van der Waals surface area contributed by atoms with Crippen molar-refractivity contribution in [2.24, 2.45) is 0 Å². The minimum absolute atomic E-state index is 0.232. The minimum Gasteiger partial charge on any atom is -0.459 e. The first kappa shape index (κ1) is 12.3. The number of amides is 1. The second-order valence-electron chi connectivity index (χ2n) is 4.42. The van der Waals surface area contributed by atoms with Gasteiger partial charge < -0.3 is 10.1 Å². The average molecular weight is 241 g/mol. The second-order valence-corrected chi connectivity index (χ2v) is 4.42. The SMILES string of the molecule is CCOC(=O)C(=O)NCC1CN2CCN1CC2. The molecule has 0 radical (unpaired) electrons. The first-order valence-electron chi connectivity index (χ1n) is 6.12. The van der Waals surface area contributed by atoms with E-state index in [0.29, 0.717) is 12.6 Å². The van der Waals surface area contributed by atoms with Crippen molar-refractivity contribution in [2.75, 3.05) is 45.9 Å². The maximum Gasteiger partial charge on any atom is 0.396 e. The van der Waals surface area contributed by atoms with Gasteiger partial charge in [0.1, 0.15) is 0 Å². The molecule has 6 nitrogen and oxygen atoms in total. The molecule has 1 amide bonds. The summed E-state index contributed by atoms with van der Waals surface area (Å²) < 4.78 is 4.63. The number of nitrogens with one attached hydrogen (secondary N) is 1. The van der Waals surface area contributed by atoms with E-state index in [1.165, 1.54) is 0 Å². The maximum atomic E-state index is 11.4. The Labute approximate surface area is 101 Å². The summed E-state index contributed by atoms with van der Waals surface area (Å²) in [6.07, 6.45) is 0. The monoisotopic (exact) mass is 241 g/mol. The second kappa shape index (κ2) is 5.46. The van der Waals surface area contributed by atoms with Crippen LogP contribution < -0.4 is 5.32 Å². The molecule has 0 aromatic heterocycles. The molecule has 3 fully saturated rings. The van der Waals surface area contributed by atoms with Crippen LogP contribution in [0.1, 0.15) is 6.92 Å². The molecule has 3 aliphatic rings. The van der Waals surface area contributed by atoms with Gasteiger partial charge in [-0.25, -0.2) is 4.79 Å². The van der Waals surface area contributed by atoms with Gasteiger partial charge in [0, 0.05) is 45.3 Å². The van der Waals surface area contributed by atoms with Crippen LogP contribution in [0.25, 0.3) is 0 Å². The fourth-order valence-corrected chi connectivity index (χ4v) is 2.40. The summed E-state index contributed by atoms with van der Waals surface area (Å²) in [5.74, 6) is -1.42. The summed E-state index contributed by atoms with van der Waals surface area (Å²) in [5.41, 5.74) is 0. The van der Waals surface area contributed by atoms with Gasteiger partial charge in [0.05, 0.1) is 6.61 Å². The van der Waals surface area contributed by atoms with E-state index in [-0.39, 0.29) is 6.61 Å². The number of carbonyl (C=O) groups is 2. The molecule has 3 rings (SSSR count). The van der Waals surface area contributed by atoms with Crippen molar-refractivity contribution >= 4 is 11.9 Å². The lowest BCUT2D eigenvalue weighted by molar-refractivity contribution is -0.154. The summed E-state index contributed by atoms with van der Waals surface area (Å²) in [6.45, 7) is 7.75. The van der Waals surface area contributed by atoms with Gasteiger partial charge in [0.15, 0.2) is 0 Å². The Morgan fingerprint density at radius 2 is 2.00 bits per heavy atom. The van der Waals surface area contributed by atoms with E-state index in [4.69, 9.17) is 0 Å². The number of nitrogens with zero attached hydrogens (tertiary/aromatic N) is 2. The lowest BCUT2D eigenvalue weighted by Gasteiger charge is -2.47. The third kappa shape index (κ3) is 2.95. The number of esters is 1. The number of carbonyl (C=O) groups excluding carboxylic acids is 2. The van der Waals surface area contributed by atoms with E-state index in [9.17, 15) is 9.59 Å². The molecule has 0 spiro atoms. The Bertz CT molecular complexity index is 300. The van der Waals surface area contributed by atoms with Gasteiger partial charge in [0.2, 0.25) is 0 Å². The number of piperazine rings is 3. The van der Waals surface area contributed by atoms with E-state index in [1.807, 2.05) is 0 Å². The quantitative estimate of drug-likeness (QED) is 0.490. The van der Waals surface area contributed by atoms with E-state index in [1.54, 1.807) is 6.92 Å². The van der Waals surface area contributed by atoms with E-state index >= 15 is 0 Å². The minimum atomic E-state index is -0.788. The normalized spacial score (nSPS) is 31.0. The van der Waals surface area contributed by atoms with Crippen LogP contribution in [0, 0.1) is 0 Å². The lowest BCUT2D eigenvalue weighted by Crippen LogP contribution is -2.63. The van der Waals surface area contributed by atoms with Crippen LogP contribution in [-0.2, 0) is 14.3 Å². The fourth-order valence-electron chi connectivity index (χ4n) is 2.40. The molecule has 0 aromatic rings. The molecule has 1 N–H and O–H groups in total. The maximum absolute atomic E-state index is 11.4. The molecular weight excluding hydrogens is 222 g/mol. The predicted molar refractivity (Wildman–Crippen MR) is 61.4 cm³/mol. The molecule has 6 heteroatoms. The molecule has 0 aromatic carbocycles. The number of hydrogen-bond acceptors (Lipinski definition) is 5. The molecule has 0 aliphatic carbocycles. The molecule has 1 atom stereocenters. The van der Waals surface area contributed by atoms with Crippen molar-refractivity contribution in [2.45, 2.75) is 13.0 Å². The lowest BCUT2D eigenvalue weighted by atomic mass is 10.1. The Kier molecular flexibility index (Phi) is 3.96. The third-order valence-corrected chi connectivity index (χ3v) is 3.35. The fraction of sp³-hybridized carbons (Fsp3) is 0.818. The largest absolute Gasteiger partial charge is 0.459 e. The molecule has 3 saturated heterocycles.